The van der Waals surface area contributed by atoms with E-state index in [9.17, 15) is 4.79 Å². The SMILES string of the molecule is COc1cc(N(C)C)ccc1CN1CCCC(COC(=O)NC(C)c2cccc3c2OCCO3)C1. The molecule has 2 heterocycles. The number of nitrogens with zero attached hydrogens (tertiary/aromatic N) is 2. The number of ether oxygens (including phenoxy) is 4. The fraction of sp³-hybridized carbons (Fsp3) is 0.519. The van der Waals surface area contributed by atoms with Crippen LogP contribution in [0.2, 0.25) is 0 Å². The Balaban J connectivity index is 1.28. The molecule has 1 saturated heterocycles. The Labute approximate surface area is 208 Å². The van der Waals surface area contributed by atoms with Gasteiger partial charge >= 0.3 is 6.09 Å². The van der Waals surface area contributed by atoms with Gasteiger partial charge in [0.25, 0.3) is 0 Å². The van der Waals surface area contributed by atoms with Crippen LogP contribution in [0.25, 0.3) is 0 Å². The van der Waals surface area contributed by atoms with Crippen molar-refractivity contribution < 1.29 is 23.7 Å². The van der Waals surface area contributed by atoms with Crippen LogP contribution in [-0.4, -0.2) is 65.1 Å². The van der Waals surface area contributed by atoms with Crippen LogP contribution in [0.4, 0.5) is 10.5 Å². The zero-order valence-corrected chi connectivity index (χ0v) is 21.2. The topological polar surface area (TPSA) is 72.5 Å². The predicted molar refractivity (Wildman–Crippen MR) is 136 cm³/mol. The molecule has 0 aromatic heterocycles. The number of hydrogen-bond acceptors (Lipinski definition) is 7. The Morgan fingerprint density at radius 2 is 2.06 bits per heavy atom. The summed E-state index contributed by atoms with van der Waals surface area (Å²) in [5.41, 5.74) is 3.17. The number of carbonyl (C=O) groups is 1. The van der Waals surface area contributed by atoms with Gasteiger partial charge in [-0.15, -0.1) is 0 Å². The van der Waals surface area contributed by atoms with Crippen LogP contribution in [0.5, 0.6) is 17.2 Å². The number of likely N-dealkylation sites (tertiary alicyclic amines) is 1. The molecular formula is C27H37N3O5. The second kappa shape index (κ2) is 11.5. The molecule has 0 radical (unpaired) electrons. The molecule has 0 spiro atoms. The smallest absolute Gasteiger partial charge is 0.407 e. The van der Waals surface area contributed by atoms with E-state index >= 15 is 0 Å². The summed E-state index contributed by atoms with van der Waals surface area (Å²) in [6.07, 6.45) is 1.72. The summed E-state index contributed by atoms with van der Waals surface area (Å²) in [7, 11) is 5.77. The Bertz CT molecular complexity index is 1010. The van der Waals surface area contributed by atoms with Gasteiger partial charge in [-0.3, -0.25) is 4.90 Å². The summed E-state index contributed by atoms with van der Waals surface area (Å²) in [6, 6.07) is 11.8. The molecule has 0 bridgehead atoms. The van der Waals surface area contributed by atoms with Crippen molar-refractivity contribution in [3.8, 4) is 17.2 Å². The van der Waals surface area contributed by atoms with Gasteiger partial charge in [-0.05, 0) is 38.4 Å². The fourth-order valence-electron chi connectivity index (χ4n) is 4.74. The minimum Gasteiger partial charge on any atom is -0.496 e. The van der Waals surface area contributed by atoms with E-state index in [4.69, 9.17) is 18.9 Å². The molecule has 2 unspecified atom stereocenters. The van der Waals surface area contributed by atoms with E-state index in [-0.39, 0.29) is 6.04 Å². The number of fused-ring (bicyclic) bond motifs is 1. The van der Waals surface area contributed by atoms with E-state index in [1.54, 1.807) is 7.11 Å². The third kappa shape index (κ3) is 6.31. The van der Waals surface area contributed by atoms with Crippen molar-refractivity contribution in [2.24, 2.45) is 5.92 Å². The molecule has 35 heavy (non-hydrogen) atoms. The summed E-state index contributed by atoms with van der Waals surface area (Å²) < 4.78 is 22.7. The summed E-state index contributed by atoms with van der Waals surface area (Å²) in [5.74, 6) is 2.62. The van der Waals surface area contributed by atoms with Crippen LogP contribution >= 0.6 is 0 Å². The van der Waals surface area contributed by atoms with E-state index < -0.39 is 6.09 Å². The van der Waals surface area contributed by atoms with Gasteiger partial charge in [0.2, 0.25) is 0 Å². The first kappa shape index (κ1) is 25.0. The molecule has 2 aliphatic heterocycles. The van der Waals surface area contributed by atoms with Gasteiger partial charge in [0.05, 0.1) is 19.8 Å². The summed E-state index contributed by atoms with van der Waals surface area (Å²) in [4.78, 5) is 17.0. The van der Waals surface area contributed by atoms with E-state index in [1.165, 1.54) is 5.56 Å². The van der Waals surface area contributed by atoms with Crippen molar-refractivity contribution in [2.45, 2.75) is 32.4 Å². The zero-order chi connectivity index (χ0) is 24.8. The molecule has 4 rings (SSSR count). The number of benzene rings is 2. The fourth-order valence-corrected chi connectivity index (χ4v) is 4.74. The molecule has 190 valence electrons. The van der Waals surface area contributed by atoms with Crippen LogP contribution in [0.3, 0.4) is 0 Å². The summed E-state index contributed by atoms with van der Waals surface area (Å²) >= 11 is 0. The molecule has 8 heteroatoms. The number of alkyl carbamates (subject to hydrolysis) is 1. The third-order valence-electron chi connectivity index (χ3n) is 6.63. The predicted octanol–water partition coefficient (Wildman–Crippen LogP) is 4.23. The second-order valence-electron chi connectivity index (χ2n) is 9.47. The van der Waals surface area contributed by atoms with Crippen LogP contribution in [0, 0.1) is 5.92 Å². The highest BCUT2D eigenvalue weighted by molar-refractivity contribution is 5.68. The first-order valence-corrected chi connectivity index (χ1v) is 12.3. The zero-order valence-electron chi connectivity index (χ0n) is 21.2. The maximum absolute atomic E-state index is 12.5. The van der Waals surface area contributed by atoms with Crippen molar-refractivity contribution >= 4 is 11.8 Å². The van der Waals surface area contributed by atoms with E-state index in [1.807, 2.05) is 39.2 Å². The molecule has 1 amide bonds. The van der Waals surface area contributed by atoms with Crippen molar-refractivity contribution in [3.63, 3.8) is 0 Å². The minimum absolute atomic E-state index is 0.250. The van der Waals surface area contributed by atoms with Crippen molar-refractivity contribution in [2.75, 3.05) is 59.0 Å². The Hall–Kier alpha value is -3.13. The van der Waals surface area contributed by atoms with E-state index in [2.05, 4.69) is 33.3 Å². The molecule has 2 aromatic carbocycles. The van der Waals surface area contributed by atoms with E-state index in [0.29, 0.717) is 37.2 Å². The first-order valence-electron chi connectivity index (χ1n) is 12.3. The van der Waals surface area contributed by atoms with Gasteiger partial charge in [0, 0.05) is 56.0 Å². The molecule has 1 fully saturated rings. The van der Waals surface area contributed by atoms with Crippen LogP contribution in [0.15, 0.2) is 36.4 Å². The van der Waals surface area contributed by atoms with Crippen molar-refractivity contribution in [3.05, 3.63) is 47.5 Å². The normalized spacial score (nSPS) is 18.5. The summed E-state index contributed by atoms with van der Waals surface area (Å²) in [6.45, 7) is 6.10. The number of carbonyl (C=O) groups excluding carboxylic acids is 1. The van der Waals surface area contributed by atoms with Gasteiger partial charge in [-0.25, -0.2) is 4.79 Å². The Morgan fingerprint density at radius 3 is 2.86 bits per heavy atom. The van der Waals surface area contributed by atoms with Crippen LogP contribution < -0.4 is 24.4 Å². The van der Waals surface area contributed by atoms with Gasteiger partial charge in [0.15, 0.2) is 11.5 Å². The number of nitrogens with one attached hydrogen (secondary N) is 1. The minimum atomic E-state index is -0.412. The van der Waals surface area contributed by atoms with Gasteiger partial charge < -0.3 is 29.2 Å². The maximum Gasteiger partial charge on any atom is 0.407 e. The van der Waals surface area contributed by atoms with Crippen molar-refractivity contribution in [1.29, 1.82) is 0 Å². The molecule has 2 atom stereocenters. The number of rotatable bonds is 8. The van der Waals surface area contributed by atoms with Gasteiger partial charge in [0.1, 0.15) is 19.0 Å². The largest absolute Gasteiger partial charge is 0.496 e. The molecule has 0 aliphatic carbocycles. The molecule has 2 aromatic rings. The van der Waals surface area contributed by atoms with Crippen LogP contribution in [-0.2, 0) is 11.3 Å². The average Bonchev–Trinajstić information content (AvgIpc) is 2.87. The molecule has 2 aliphatic rings. The third-order valence-corrected chi connectivity index (χ3v) is 6.63. The molecular weight excluding hydrogens is 446 g/mol. The number of piperidine rings is 1. The quantitative estimate of drug-likeness (QED) is 0.602. The molecule has 0 saturated carbocycles. The monoisotopic (exact) mass is 483 g/mol. The highest BCUT2D eigenvalue weighted by Gasteiger charge is 2.24. The van der Waals surface area contributed by atoms with Crippen LogP contribution in [0.1, 0.15) is 36.9 Å². The summed E-state index contributed by atoms with van der Waals surface area (Å²) in [5, 5.41) is 2.94. The standard InChI is InChI=1S/C27H37N3O5/c1-19(23-8-5-9-24-26(23)34-14-13-33-24)28-27(31)35-18-20-7-6-12-30(16-20)17-21-10-11-22(29(2)3)15-25(21)32-4/h5,8-11,15,19-20H,6-7,12-14,16-18H2,1-4H3,(H,28,31). The van der Waals surface area contributed by atoms with Gasteiger partial charge in [-0.1, -0.05) is 18.2 Å². The van der Waals surface area contributed by atoms with E-state index in [0.717, 1.165) is 49.5 Å². The first-order chi connectivity index (χ1) is 16.9. The Morgan fingerprint density at radius 1 is 1.23 bits per heavy atom. The van der Waals surface area contributed by atoms with Gasteiger partial charge in [-0.2, -0.15) is 0 Å². The number of para-hydroxylation sites is 1. The lowest BCUT2D eigenvalue weighted by Gasteiger charge is -2.33. The second-order valence-corrected chi connectivity index (χ2v) is 9.47. The number of hydrogen-bond donors (Lipinski definition) is 1. The average molecular weight is 484 g/mol. The lowest BCUT2D eigenvalue weighted by Crippen LogP contribution is -2.38. The molecule has 8 nitrogen and oxygen atoms in total. The van der Waals surface area contributed by atoms with Crippen molar-refractivity contribution in [1.82, 2.24) is 10.2 Å². The molecule has 1 N–H and O–H groups in total. The highest BCUT2D eigenvalue weighted by Crippen LogP contribution is 2.36. The number of anilines is 1. The lowest BCUT2D eigenvalue weighted by atomic mass is 9.98. The maximum atomic E-state index is 12.5. The highest BCUT2D eigenvalue weighted by atomic mass is 16.6. The lowest BCUT2D eigenvalue weighted by molar-refractivity contribution is 0.0851. The number of methoxy groups -OCH3 is 1. The Kier molecular flexibility index (Phi) is 8.23. The number of amides is 1.